The number of nitrogens with one attached hydrogen (secondary N) is 1. The lowest BCUT2D eigenvalue weighted by Crippen LogP contribution is -2.52. The van der Waals surface area contributed by atoms with E-state index in [9.17, 15) is 15.0 Å². The fourth-order valence-corrected chi connectivity index (χ4v) is 4.12. The Bertz CT molecular complexity index is 568. The van der Waals surface area contributed by atoms with Crippen LogP contribution in [0, 0.1) is 11.8 Å². The van der Waals surface area contributed by atoms with Crippen LogP contribution in [0.4, 0.5) is 4.79 Å². The Morgan fingerprint density at radius 1 is 1.13 bits per heavy atom. The van der Waals surface area contributed by atoms with E-state index in [0.717, 1.165) is 5.56 Å². The molecule has 2 aliphatic rings. The molecule has 3 N–H and O–H groups in total. The van der Waals surface area contributed by atoms with Gasteiger partial charge in [-0.1, -0.05) is 30.3 Å². The maximum absolute atomic E-state index is 12.2. The molecule has 23 heavy (non-hydrogen) atoms. The van der Waals surface area contributed by atoms with E-state index >= 15 is 0 Å². The van der Waals surface area contributed by atoms with E-state index < -0.39 is 23.9 Å². The molecule has 0 spiro atoms. The molecule has 0 radical (unpaired) electrons. The van der Waals surface area contributed by atoms with Crippen LogP contribution in [0.2, 0.25) is 0 Å². The number of carbonyl (C=O) groups is 1. The number of amides is 1. The van der Waals surface area contributed by atoms with Crippen molar-refractivity contribution >= 4 is 6.09 Å². The molecule has 1 aromatic rings. The summed E-state index contributed by atoms with van der Waals surface area (Å²) in [6.07, 6.45) is -1.29. The van der Waals surface area contributed by atoms with Crippen LogP contribution in [-0.2, 0) is 4.74 Å². The minimum Gasteiger partial charge on any atom is -0.444 e. The number of alkyl carbamates (subject to hydrolysis) is 1. The normalized spacial score (nSPS) is 36.0. The number of aliphatic hydroxyl groups is 2. The quantitative estimate of drug-likeness (QED) is 0.779. The topological polar surface area (TPSA) is 78.8 Å². The van der Waals surface area contributed by atoms with Crippen molar-refractivity contribution in [2.45, 2.75) is 57.0 Å². The summed E-state index contributed by atoms with van der Waals surface area (Å²) in [5.74, 6) is -0.197. The van der Waals surface area contributed by atoms with Gasteiger partial charge in [0.1, 0.15) is 5.60 Å². The molecule has 2 saturated carbocycles. The molecular weight excluding hydrogens is 294 g/mol. The molecule has 0 saturated heterocycles. The van der Waals surface area contributed by atoms with E-state index in [1.807, 2.05) is 51.1 Å². The lowest BCUT2D eigenvalue weighted by Gasteiger charge is -2.37. The van der Waals surface area contributed by atoms with Crippen molar-refractivity contribution in [3.63, 3.8) is 0 Å². The molecule has 2 fully saturated rings. The minimum atomic E-state index is -0.792. The standard InChI is InChI=1S/C18H25NO4/c1-18(2,3)23-17(22)19-14-12-9-11(15(20)16(12)21)13(14)10-7-5-4-6-8-10/h4-8,11-16,20-21H,9H2,1-3H3,(H,19,22)/t11-,12+,13+,14+,15-,16+/m1/s1. The molecule has 3 rings (SSSR count). The van der Waals surface area contributed by atoms with Crippen LogP contribution in [0.15, 0.2) is 30.3 Å². The van der Waals surface area contributed by atoms with Crippen molar-refractivity contribution in [1.82, 2.24) is 5.32 Å². The van der Waals surface area contributed by atoms with Gasteiger partial charge in [-0.3, -0.25) is 0 Å². The summed E-state index contributed by atoms with van der Waals surface area (Å²) < 4.78 is 5.36. The van der Waals surface area contributed by atoms with Gasteiger partial charge in [0, 0.05) is 17.9 Å². The van der Waals surface area contributed by atoms with Crippen LogP contribution in [0.1, 0.15) is 38.7 Å². The molecule has 1 aromatic carbocycles. The Kier molecular flexibility index (Phi) is 4.10. The Labute approximate surface area is 136 Å². The average Bonchev–Trinajstić information content (AvgIpc) is 2.95. The largest absolute Gasteiger partial charge is 0.444 e. The highest BCUT2D eigenvalue weighted by Crippen LogP contribution is 2.53. The van der Waals surface area contributed by atoms with Gasteiger partial charge in [0.2, 0.25) is 0 Å². The zero-order valence-electron chi connectivity index (χ0n) is 13.8. The third kappa shape index (κ3) is 3.08. The lowest BCUT2D eigenvalue weighted by molar-refractivity contribution is -0.0351. The van der Waals surface area contributed by atoms with Gasteiger partial charge in [-0.15, -0.1) is 0 Å². The highest BCUT2D eigenvalue weighted by molar-refractivity contribution is 5.68. The predicted octanol–water partition coefficient (Wildman–Crippen LogP) is 2.04. The number of carbonyl (C=O) groups excluding carboxylic acids is 1. The molecule has 0 aliphatic heterocycles. The van der Waals surface area contributed by atoms with Gasteiger partial charge in [-0.05, 0) is 38.7 Å². The van der Waals surface area contributed by atoms with Gasteiger partial charge in [-0.2, -0.15) is 0 Å². The van der Waals surface area contributed by atoms with Gasteiger partial charge < -0.3 is 20.3 Å². The lowest BCUT2D eigenvalue weighted by atomic mass is 9.77. The van der Waals surface area contributed by atoms with Crippen molar-refractivity contribution in [3.8, 4) is 0 Å². The Hall–Kier alpha value is -1.59. The molecule has 126 valence electrons. The van der Waals surface area contributed by atoms with E-state index in [1.54, 1.807) is 0 Å². The molecule has 0 heterocycles. The Morgan fingerprint density at radius 2 is 1.74 bits per heavy atom. The molecule has 0 unspecified atom stereocenters. The maximum atomic E-state index is 12.2. The molecule has 2 bridgehead atoms. The van der Waals surface area contributed by atoms with Gasteiger partial charge in [0.05, 0.1) is 12.2 Å². The Morgan fingerprint density at radius 3 is 2.35 bits per heavy atom. The van der Waals surface area contributed by atoms with Crippen molar-refractivity contribution in [2.75, 3.05) is 0 Å². The fraction of sp³-hybridized carbons (Fsp3) is 0.611. The van der Waals surface area contributed by atoms with Crippen LogP contribution in [0.3, 0.4) is 0 Å². The first-order chi connectivity index (χ1) is 10.8. The number of hydrogen-bond donors (Lipinski definition) is 3. The second kappa shape index (κ2) is 5.80. The summed E-state index contributed by atoms with van der Waals surface area (Å²) in [4.78, 5) is 12.2. The smallest absolute Gasteiger partial charge is 0.407 e. The SMILES string of the molecule is CC(C)(C)OC(=O)N[C@H]1[C@@H]2C[C@@H]([C@@H](O)[C@H]2O)[C@@H]1c1ccccc1. The first-order valence-electron chi connectivity index (χ1n) is 8.18. The van der Waals surface area contributed by atoms with Crippen LogP contribution in [0.5, 0.6) is 0 Å². The van der Waals surface area contributed by atoms with Crippen molar-refractivity contribution < 1.29 is 19.7 Å². The van der Waals surface area contributed by atoms with E-state index in [0.29, 0.717) is 6.42 Å². The van der Waals surface area contributed by atoms with E-state index in [-0.39, 0.29) is 23.8 Å². The number of benzene rings is 1. The number of fused-ring (bicyclic) bond motifs is 2. The van der Waals surface area contributed by atoms with E-state index in [1.165, 1.54) is 0 Å². The van der Waals surface area contributed by atoms with Gasteiger partial charge in [0.15, 0.2) is 0 Å². The average molecular weight is 319 g/mol. The Balaban J connectivity index is 1.83. The predicted molar refractivity (Wildman–Crippen MR) is 86.0 cm³/mol. The zero-order chi connectivity index (χ0) is 16.8. The molecular formula is C18H25NO4. The van der Waals surface area contributed by atoms with Gasteiger partial charge in [0.25, 0.3) is 0 Å². The van der Waals surface area contributed by atoms with Crippen LogP contribution in [-0.4, -0.2) is 40.2 Å². The maximum Gasteiger partial charge on any atom is 0.407 e. The molecule has 6 atom stereocenters. The summed E-state index contributed by atoms with van der Waals surface area (Å²) in [5, 5.41) is 23.4. The van der Waals surface area contributed by atoms with E-state index in [2.05, 4.69) is 5.32 Å². The first-order valence-corrected chi connectivity index (χ1v) is 8.18. The van der Waals surface area contributed by atoms with Gasteiger partial charge in [-0.25, -0.2) is 4.79 Å². The van der Waals surface area contributed by atoms with Crippen LogP contribution in [0.25, 0.3) is 0 Å². The van der Waals surface area contributed by atoms with Crippen LogP contribution < -0.4 is 5.32 Å². The second-order valence-electron chi connectivity index (χ2n) is 7.65. The zero-order valence-corrected chi connectivity index (χ0v) is 13.8. The van der Waals surface area contributed by atoms with E-state index in [4.69, 9.17) is 4.74 Å². The van der Waals surface area contributed by atoms with Crippen molar-refractivity contribution in [1.29, 1.82) is 0 Å². The summed E-state index contributed by atoms with van der Waals surface area (Å²) >= 11 is 0. The van der Waals surface area contributed by atoms with Gasteiger partial charge >= 0.3 is 6.09 Å². The number of hydrogen-bond acceptors (Lipinski definition) is 4. The van der Waals surface area contributed by atoms with Crippen LogP contribution >= 0.6 is 0 Å². The number of aliphatic hydroxyl groups excluding tert-OH is 2. The molecule has 2 aliphatic carbocycles. The highest BCUT2D eigenvalue weighted by Gasteiger charge is 2.58. The first kappa shape index (κ1) is 16.3. The number of ether oxygens (including phenoxy) is 1. The minimum absolute atomic E-state index is 0.00730. The third-order valence-electron chi connectivity index (χ3n) is 4.95. The summed E-state index contributed by atoms with van der Waals surface area (Å²) in [5.41, 5.74) is 0.509. The van der Waals surface area contributed by atoms with Crippen molar-refractivity contribution in [2.24, 2.45) is 11.8 Å². The highest BCUT2D eigenvalue weighted by atomic mass is 16.6. The summed E-state index contributed by atoms with van der Waals surface area (Å²) in [6, 6.07) is 9.64. The number of rotatable bonds is 2. The molecule has 1 amide bonds. The fourth-order valence-electron chi connectivity index (χ4n) is 4.12. The van der Waals surface area contributed by atoms with Crippen molar-refractivity contribution in [3.05, 3.63) is 35.9 Å². The molecule has 5 nitrogen and oxygen atoms in total. The third-order valence-corrected chi connectivity index (χ3v) is 4.95. The summed E-state index contributed by atoms with van der Waals surface area (Å²) in [7, 11) is 0. The monoisotopic (exact) mass is 319 g/mol. The second-order valence-corrected chi connectivity index (χ2v) is 7.65. The summed E-state index contributed by atoms with van der Waals surface area (Å²) in [6.45, 7) is 5.46. The molecule has 5 heteroatoms. The molecule has 0 aromatic heterocycles.